The number of carbonyl (C=O) groups is 2. The predicted octanol–water partition coefficient (Wildman–Crippen LogP) is 9.17. The molecule has 1 aliphatic heterocycles. The number of halogens is 9. The van der Waals surface area contributed by atoms with Gasteiger partial charge in [-0.25, -0.2) is 27.9 Å². The Morgan fingerprint density at radius 3 is 1.65 bits per heavy atom. The summed E-state index contributed by atoms with van der Waals surface area (Å²) in [6.45, 7) is 5.01. The van der Waals surface area contributed by atoms with E-state index < -0.39 is 65.1 Å². The molecule has 11 nitrogen and oxygen atoms in total. The average Bonchev–Trinajstić information content (AvgIpc) is 3.60. The van der Waals surface area contributed by atoms with Crippen LogP contribution in [0.15, 0.2) is 60.7 Å². The van der Waals surface area contributed by atoms with E-state index in [2.05, 4.69) is 9.97 Å². The summed E-state index contributed by atoms with van der Waals surface area (Å²) in [7, 11) is 2.83. The molecular formula is C43H47F9N4O7. The molecule has 4 aromatic rings. The Balaban J connectivity index is 0.000000310. The molecule has 1 saturated heterocycles. The molecule has 0 spiro atoms. The fraction of sp³-hybridized carbons (Fsp3) is 0.442. The number of nitrogens with two attached hydrogens (primary N) is 1. The van der Waals surface area contributed by atoms with Crippen LogP contribution in [-0.4, -0.2) is 91.8 Å². The van der Waals surface area contributed by atoms with E-state index in [4.69, 9.17) is 29.4 Å². The molecule has 344 valence electrons. The van der Waals surface area contributed by atoms with E-state index in [1.54, 1.807) is 26.8 Å². The van der Waals surface area contributed by atoms with Crippen LogP contribution in [0.1, 0.15) is 56.1 Å². The number of alkyl halides is 7. The third-order valence-electron chi connectivity index (χ3n) is 9.04. The summed E-state index contributed by atoms with van der Waals surface area (Å²) in [5, 5.41) is 0. The van der Waals surface area contributed by atoms with Crippen LogP contribution in [0.3, 0.4) is 0 Å². The highest BCUT2D eigenvalue weighted by Gasteiger charge is 2.41. The van der Waals surface area contributed by atoms with Gasteiger partial charge < -0.3 is 29.4 Å². The number of pyridine rings is 2. The highest BCUT2D eigenvalue weighted by atomic mass is 19.4. The number of nitrogens with zero attached hydrogens (tertiary/aromatic N) is 3. The lowest BCUT2D eigenvalue weighted by molar-refractivity contribution is -0.142. The molecule has 1 fully saturated rings. The standard InChI is InChI=1S/C27H31F5N2O5.C16H16F4N2O2/c1-26(2,3)39-25(36)34-15-19(29)14-21(34)22(35)7-5-16-11-17(13-18(28)12-16)20-6-8-23(27(30,31)32)33-24(20)38-10-9-37-4;1-23-4-5-24-15-13(2-3-14(22-15)16(18,19)20)11-6-10(9-21)7-12(17)8-11/h6,8,11-13,19,21H,5,7,9-10,14-15H2,1-4H3;2-3,6-8H,4-5,9,21H2,1H3/t19-,21+;/m1./s1. The Morgan fingerprint density at radius 1 is 0.730 bits per heavy atom. The third kappa shape index (κ3) is 14.8. The molecule has 2 aromatic heterocycles. The molecule has 1 amide bonds. The van der Waals surface area contributed by atoms with Crippen molar-refractivity contribution in [3.8, 4) is 34.0 Å². The first-order valence-corrected chi connectivity index (χ1v) is 19.4. The number of aromatic nitrogens is 2. The number of carbonyl (C=O) groups excluding carboxylic acids is 2. The van der Waals surface area contributed by atoms with Crippen molar-refractivity contribution in [2.75, 3.05) is 47.2 Å². The Labute approximate surface area is 357 Å². The number of amides is 1. The van der Waals surface area contributed by atoms with E-state index in [1.807, 2.05) is 0 Å². The van der Waals surface area contributed by atoms with Crippen LogP contribution < -0.4 is 15.2 Å². The van der Waals surface area contributed by atoms with Gasteiger partial charge in [-0.1, -0.05) is 6.07 Å². The highest BCUT2D eigenvalue weighted by molar-refractivity contribution is 5.88. The lowest BCUT2D eigenvalue weighted by atomic mass is 9.98. The summed E-state index contributed by atoms with van der Waals surface area (Å²) >= 11 is 0. The van der Waals surface area contributed by atoms with Crippen LogP contribution in [0.5, 0.6) is 11.8 Å². The van der Waals surface area contributed by atoms with Crippen molar-refractivity contribution in [2.45, 2.75) is 76.7 Å². The van der Waals surface area contributed by atoms with Crippen LogP contribution in [-0.2, 0) is 44.3 Å². The first kappa shape index (κ1) is 50.2. The van der Waals surface area contributed by atoms with E-state index in [0.717, 1.165) is 29.2 Å². The number of hydrogen-bond donors (Lipinski definition) is 1. The van der Waals surface area contributed by atoms with E-state index in [1.165, 1.54) is 44.6 Å². The normalized spacial score (nSPS) is 15.4. The van der Waals surface area contributed by atoms with Gasteiger partial charge in [-0.05, 0) is 104 Å². The molecule has 0 bridgehead atoms. The Bertz CT molecular complexity index is 2180. The quantitative estimate of drug-likeness (QED) is 0.0909. The van der Waals surface area contributed by atoms with Crippen LogP contribution >= 0.6 is 0 Å². The maximum absolute atomic E-state index is 14.6. The van der Waals surface area contributed by atoms with Gasteiger partial charge in [-0.2, -0.15) is 26.3 Å². The molecule has 5 rings (SSSR count). The topological polar surface area (TPSA) is 135 Å². The molecule has 0 unspecified atom stereocenters. The molecule has 20 heteroatoms. The zero-order valence-corrected chi connectivity index (χ0v) is 35.0. The van der Waals surface area contributed by atoms with Crippen molar-refractivity contribution < 1.29 is 72.8 Å². The number of ketones is 1. The van der Waals surface area contributed by atoms with Gasteiger partial charge in [0.2, 0.25) is 11.8 Å². The van der Waals surface area contributed by atoms with Gasteiger partial charge in [0.15, 0.2) is 5.78 Å². The van der Waals surface area contributed by atoms with Crippen molar-refractivity contribution in [3.05, 3.63) is 94.8 Å². The zero-order valence-electron chi connectivity index (χ0n) is 35.0. The number of ether oxygens (including phenoxy) is 5. The number of rotatable bonds is 15. The van der Waals surface area contributed by atoms with Crippen LogP contribution in [0.25, 0.3) is 22.3 Å². The number of hydrogen-bond acceptors (Lipinski definition) is 10. The molecule has 3 heterocycles. The largest absolute Gasteiger partial charge is 0.475 e. The first-order valence-electron chi connectivity index (χ1n) is 19.4. The summed E-state index contributed by atoms with van der Waals surface area (Å²) in [5.74, 6) is -2.22. The van der Waals surface area contributed by atoms with Crippen LogP contribution in [0.4, 0.5) is 44.3 Å². The van der Waals surface area contributed by atoms with Crippen molar-refractivity contribution in [1.82, 2.24) is 14.9 Å². The van der Waals surface area contributed by atoms with Crippen molar-refractivity contribution in [3.63, 3.8) is 0 Å². The molecule has 2 atom stereocenters. The van der Waals surface area contributed by atoms with Crippen LogP contribution in [0, 0.1) is 11.6 Å². The minimum Gasteiger partial charge on any atom is -0.475 e. The van der Waals surface area contributed by atoms with Gasteiger partial charge in [0, 0.05) is 44.7 Å². The molecule has 2 aromatic carbocycles. The molecule has 63 heavy (non-hydrogen) atoms. The lowest BCUT2D eigenvalue weighted by Gasteiger charge is -2.27. The van der Waals surface area contributed by atoms with E-state index >= 15 is 0 Å². The summed E-state index contributed by atoms with van der Waals surface area (Å²) in [5.41, 5.74) is 4.21. The molecule has 0 saturated carbocycles. The number of benzene rings is 2. The smallest absolute Gasteiger partial charge is 0.433 e. The number of aryl methyl sites for hydroxylation is 1. The van der Waals surface area contributed by atoms with Gasteiger partial charge in [-0.3, -0.25) is 9.69 Å². The van der Waals surface area contributed by atoms with E-state index in [0.29, 0.717) is 16.7 Å². The second kappa shape index (κ2) is 21.7. The number of methoxy groups -OCH3 is 2. The lowest BCUT2D eigenvalue weighted by Crippen LogP contribution is -2.43. The minimum atomic E-state index is -4.71. The second-order valence-corrected chi connectivity index (χ2v) is 15.1. The highest BCUT2D eigenvalue weighted by Crippen LogP contribution is 2.37. The number of likely N-dealkylation sites (tertiary alicyclic amines) is 1. The summed E-state index contributed by atoms with van der Waals surface area (Å²) in [6, 6.07) is 10.8. The minimum absolute atomic E-state index is 0.0108. The Morgan fingerprint density at radius 2 is 1.21 bits per heavy atom. The van der Waals surface area contributed by atoms with Crippen molar-refractivity contribution >= 4 is 11.9 Å². The van der Waals surface area contributed by atoms with E-state index in [9.17, 15) is 49.1 Å². The fourth-order valence-electron chi connectivity index (χ4n) is 6.22. The number of Topliss-reactive ketones (excluding diaryl/α,β-unsaturated/α-hetero) is 1. The van der Waals surface area contributed by atoms with Gasteiger partial charge in [0.25, 0.3) is 0 Å². The Kier molecular flexibility index (Phi) is 17.3. The molecule has 0 radical (unpaired) electrons. The molecule has 0 aliphatic carbocycles. The fourth-order valence-corrected chi connectivity index (χ4v) is 6.22. The third-order valence-corrected chi connectivity index (χ3v) is 9.04. The van der Waals surface area contributed by atoms with Gasteiger partial charge >= 0.3 is 18.4 Å². The SMILES string of the molecule is COCCOc1nc(C(F)(F)F)ccc1-c1cc(F)cc(CCC(=O)[C@@H]2C[C@@H](F)CN2C(=O)OC(C)(C)C)c1.COCCOc1nc(C(F)(F)F)ccc1-c1cc(F)cc(CN)c1. The van der Waals surface area contributed by atoms with Gasteiger partial charge in [-0.15, -0.1) is 0 Å². The summed E-state index contributed by atoms with van der Waals surface area (Å²) in [6.07, 6.45) is -11.7. The monoisotopic (exact) mass is 902 g/mol. The zero-order chi connectivity index (χ0) is 46.7. The van der Waals surface area contributed by atoms with Crippen molar-refractivity contribution in [1.29, 1.82) is 0 Å². The molecule has 2 N–H and O–H groups in total. The van der Waals surface area contributed by atoms with Gasteiger partial charge in [0.05, 0.1) is 25.8 Å². The second-order valence-electron chi connectivity index (χ2n) is 15.1. The van der Waals surface area contributed by atoms with Crippen molar-refractivity contribution in [2.24, 2.45) is 5.73 Å². The average molecular weight is 903 g/mol. The summed E-state index contributed by atoms with van der Waals surface area (Å²) < 4.78 is 146. The molecular weight excluding hydrogens is 855 g/mol. The predicted molar refractivity (Wildman–Crippen MR) is 211 cm³/mol. The maximum atomic E-state index is 14.6. The first-order chi connectivity index (χ1) is 29.5. The van der Waals surface area contributed by atoms with Crippen LogP contribution in [0.2, 0.25) is 0 Å². The maximum Gasteiger partial charge on any atom is 0.433 e. The van der Waals surface area contributed by atoms with Gasteiger partial charge in [0.1, 0.15) is 48.0 Å². The van der Waals surface area contributed by atoms with E-state index in [-0.39, 0.29) is 87.2 Å². The molecule has 1 aliphatic rings. The Hall–Kier alpha value is -5.47. The summed E-state index contributed by atoms with van der Waals surface area (Å²) in [4.78, 5) is 33.6.